The first kappa shape index (κ1) is 11.0. The van der Waals surface area contributed by atoms with E-state index < -0.39 is 5.97 Å². The summed E-state index contributed by atoms with van der Waals surface area (Å²) in [6, 6.07) is 0. The molecule has 0 radical (unpaired) electrons. The van der Waals surface area contributed by atoms with Crippen LogP contribution < -0.4 is 0 Å². The molecule has 4 heteroatoms. The minimum atomic E-state index is -0.664. The van der Waals surface area contributed by atoms with Crippen molar-refractivity contribution < 1.29 is 9.90 Å². The number of carbonyl (C=O) groups is 1. The topological polar surface area (TPSA) is 63.1 Å². The predicted octanol–water partition coefficient (Wildman–Crippen LogP) is 2.14. The molecule has 1 fully saturated rings. The van der Waals surface area contributed by atoms with Gasteiger partial charge in [0.15, 0.2) is 0 Å². The zero-order chi connectivity index (χ0) is 11.5. The van der Waals surface area contributed by atoms with E-state index in [1.165, 1.54) is 0 Å². The highest BCUT2D eigenvalue weighted by Crippen LogP contribution is 2.34. The first-order chi connectivity index (χ1) is 7.66. The van der Waals surface area contributed by atoms with Crippen LogP contribution in [0.25, 0.3) is 0 Å². The van der Waals surface area contributed by atoms with Gasteiger partial charge in [-0.15, -0.1) is 0 Å². The van der Waals surface area contributed by atoms with Crippen molar-refractivity contribution in [2.75, 3.05) is 0 Å². The number of aromatic nitrogens is 2. The van der Waals surface area contributed by atoms with Crippen molar-refractivity contribution in [2.45, 2.75) is 38.5 Å². The number of nitrogens with zero attached hydrogens (tertiary/aromatic N) is 2. The number of hydrogen-bond acceptors (Lipinski definition) is 3. The van der Waals surface area contributed by atoms with Crippen LogP contribution in [0.1, 0.15) is 43.0 Å². The third-order valence-electron chi connectivity index (χ3n) is 3.24. The van der Waals surface area contributed by atoms with E-state index in [-0.39, 0.29) is 5.92 Å². The summed E-state index contributed by atoms with van der Waals surface area (Å²) < 4.78 is 0. The molecule has 1 aliphatic rings. The van der Waals surface area contributed by atoms with Crippen LogP contribution in [0.3, 0.4) is 0 Å². The lowest BCUT2D eigenvalue weighted by Gasteiger charge is -2.24. The molecule has 1 heterocycles. The Bertz CT molecular complexity index is 367. The monoisotopic (exact) mass is 220 g/mol. The summed E-state index contributed by atoms with van der Waals surface area (Å²) in [6.07, 6.45) is 6.92. The Hall–Kier alpha value is -1.45. The molecule has 0 saturated heterocycles. The van der Waals surface area contributed by atoms with Crippen LogP contribution in [-0.4, -0.2) is 21.0 Å². The number of carboxylic acid groups (broad SMARTS) is 1. The fourth-order valence-electron chi connectivity index (χ4n) is 2.21. The first-order valence-corrected chi connectivity index (χ1v) is 5.68. The van der Waals surface area contributed by atoms with Crippen LogP contribution in [0.5, 0.6) is 0 Å². The van der Waals surface area contributed by atoms with Gasteiger partial charge in [0, 0.05) is 18.3 Å². The van der Waals surface area contributed by atoms with Crippen molar-refractivity contribution in [2.24, 2.45) is 5.92 Å². The average molecular weight is 220 g/mol. The molecule has 1 aliphatic carbocycles. The molecule has 86 valence electrons. The van der Waals surface area contributed by atoms with Gasteiger partial charge in [0.1, 0.15) is 5.82 Å². The third-order valence-corrected chi connectivity index (χ3v) is 3.24. The van der Waals surface area contributed by atoms with E-state index in [1.807, 2.05) is 19.3 Å². The maximum absolute atomic E-state index is 10.8. The Labute approximate surface area is 94.7 Å². The van der Waals surface area contributed by atoms with E-state index in [1.54, 1.807) is 0 Å². The Kier molecular flexibility index (Phi) is 3.17. The summed E-state index contributed by atoms with van der Waals surface area (Å²) in [5.74, 6) is 0.385. The summed E-state index contributed by atoms with van der Waals surface area (Å²) in [6.45, 7) is 1.96. The van der Waals surface area contributed by atoms with Gasteiger partial charge < -0.3 is 5.11 Å². The van der Waals surface area contributed by atoms with Crippen LogP contribution in [-0.2, 0) is 4.79 Å². The summed E-state index contributed by atoms with van der Waals surface area (Å²) in [4.78, 5) is 19.4. The van der Waals surface area contributed by atoms with Crippen LogP contribution >= 0.6 is 0 Å². The number of hydrogen-bond donors (Lipinski definition) is 1. The highest BCUT2D eigenvalue weighted by Gasteiger charge is 2.27. The van der Waals surface area contributed by atoms with Crippen molar-refractivity contribution in [3.8, 4) is 0 Å². The Morgan fingerprint density at radius 1 is 1.25 bits per heavy atom. The fourth-order valence-corrected chi connectivity index (χ4v) is 2.21. The van der Waals surface area contributed by atoms with E-state index in [9.17, 15) is 4.79 Å². The van der Waals surface area contributed by atoms with Crippen molar-refractivity contribution >= 4 is 5.97 Å². The molecule has 0 aromatic carbocycles. The van der Waals surface area contributed by atoms with Gasteiger partial charge in [-0.2, -0.15) is 0 Å². The van der Waals surface area contributed by atoms with Crippen LogP contribution in [0, 0.1) is 12.8 Å². The van der Waals surface area contributed by atoms with Gasteiger partial charge in [0.2, 0.25) is 0 Å². The first-order valence-electron chi connectivity index (χ1n) is 5.68. The second-order valence-electron chi connectivity index (χ2n) is 4.51. The van der Waals surface area contributed by atoms with Gasteiger partial charge in [0.05, 0.1) is 5.92 Å². The lowest BCUT2D eigenvalue weighted by Crippen LogP contribution is -2.21. The molecule has 0 bridgehead atoms. The van der Waals surface area contributed by atoms with Crippen molar-refractivity contribution in [1.29, 1.82) is 0 Å². The summed E-state index contributed by atoms with van der Waals surface area (Å²) in [5.41, 5.74) is 1.06. The van der Waals surface area contributed by atoms with Gasteiger partial charge in [0.25, 0.3) is 0 Å². The number of rotatable bonds is 2. The second kappa shape index (κ2) is 4.60. The molecule has 1 aromatic heterocycles. The Balaban J connectivity index is 1.99. The van der Waals surface area contributed by atoms with Gasteiger partial charge in [-0.1, -0.05) is 0 Å². The molecule has 0 amide bonds. The van der Waals surface area contributed by atoms with Gasteiger partial charge in [-0.25, -0.2) is 9.97 Å². The van der Waals surface area contributed by atoms with Crippen LogP contribution in [0.15, 0.2) is 12.4 Å². The highest BCUT2D eigenvalue weighted by molar-refractivity contribution is 5.70. The molecule has 2 rings (SSSR count). The van der Waals surface area contributed by atoms with Crippen molar-refractivity contribution in [3.05, 3.63) is 23.8 Å². The minimum Gasteiger partial charge on any atom is -0.481 e. The van der Waals surface area contributed by atoms with Gasteiger partial charge in [-0.3, -0.25) is 4.79 Å². The standard InChI is InChI=1S/C12H16N2O2/c1-8-6-13-11(14-7-8)9-2-4-10(5-3-9)12(15)16/h6-7,9-10H,2-5H2,1H3,(H,15,16). The van der Waals surface area contributed by atoms with E-state index in [0.717, 1.165) is 37.1 Å². The molecule has 1 saturated carbocycles. The summed E-state index contributed by atoms with van der Waals surface area (Å²) >= 11 is 0. The number of aryl methyl sites for hydroxylation is 1. The fraction of sp³-hybridized carbons (Fsp3) is 0.583. The zero-order valence-corrected chi connectivity index (χ0v) is 9.39. The molecule has 4 nitrogen and oxygen atoms in total. The Morgan fingerprint density at radius 2 is 1.81 bits per heavy atom. The molecule has 1 N–H and O–H groups in total. The SMILES string of the molecule is Cc1cnc(C2CCC(C(=O)O)CC2)nc1. The molecule has 0 aliphatic heterocycles. The van der Waals surface area contributed by atoms with Gasteiger partial charge in [-0.05, 0) is 38.2 Å². The quantitative estimate of drug-likeness (QED) is 0.829. The van der Waals surface area contributed by atoms with Gasteiger partial charge >= 0.3 is 5.97 Å². The predicted molar refractivity (Wildman–Crippen MR) is 59.1 cm³/mol. The van der Waals surface area contributed by atoms with Crippen molar-refractivity contribution in [3.63, 3.8) is 0 Å². The van der Waals surface area contributed by atoms with E-state index in [0.29, 0.717) is 5.92 Å². The highest BCUT2D eigenvalue weighted by atomic mass is 16.4. The van der Waals surface area contributed by atoms with E-state index in [4.69, 9.17) is 5.11 Å². The van der Waals surface area contributed by atoms with Crippen LogP contribution in [0.4, 0.5) is 0 Å². The summed E-state index contributed by atoms with van der Waals surface area (Å²) in [5, 5.41) is 8.90. The smallest absolute Gasteiger partial charge is 0.306 e. The molecule has 16 heavy (non-hydrogen) atoms. The average Bonchev–Trinajstić information content (AvgIpc) is 2.30. The lowest BCUT2D eigenvalue weighted by molar-refractivity contribution is -0.142. The Morgan fingerprint density at radius 3 is 2.31 bits per heavy atom. The normalized spacial score (nSPS) is 25.3. The van der Waals surface area contributed by atoms with Crippen LogP contribution in [0.2, 0.25) is 0 Å². The molecular formula is C12H16N2O2. The second-order valence-corrected chi connectivity index (χ2v) is 4.51. The maximum Gasteiger partial charge on any atom is 0.306 e. The lowest BCUT2D eigenvalue weighted by atomic mass is 9.81. The third kappa shape index (κ3) is 2.38. The zero-order valence-electron chi connectivity index (χ0n) is 9.39. The largest absolute Gasteiger partial charge is 0.481 e. The molecule has 0 atom stereocenters. The van der Waals surface area contributed by atoms with E-state index >= 15 is 0 Å². The maximum atomic E-state index is 10.8. The minimum absolute atomic E-state index is 0.165. The number of aliphatic carboxylic acids is 1. The number of carboxylic acids is 1. The molecule has 0 unspecified atom stereocenters. The summed E-state index contributed by atoms with van der Waals surface area (Å²) in [7, 11) is 0. The molecular weight excluding hydrogens is 204 g/mol. The molecule has 1 aromatic rings. The van der Waals surface area contributed by atoms with E-state index in [2.05, 4.69) is 9.97 Å². The van der Waals surface area contributed by atoms with Crippen molar-refractivity contribution in [1.82, 2.24) is 9.97 Å². The molecule has 0 spiro atoms.